The summed E-state index contributed by atoms with van der Waals surface area (Å²) in [4.78, 5) is 25.9. The average molecular weight is 594 g/mol. The molecule has 0 saturated heterocycles. The first-order chi connectivity index (χ1) is 18.2. The van der Waals surface area contributed by atoms with Crippen molar-refractivity contribution in [3.63, 3.8) is 0 Å². The maximum absolute atomic E-state index is 13.7. The fourth-order valence-corrected chi connectivity index (χ4v) is 6.70. The van der Waals surface area contributed by atoms with Crippen LogP contribution in [-0.2, 0) is 31.9 Å². The Morgan fingerprint density at radius 3 is 2.13 bits per heavy atom. The first-order valence-electron chi connectivity index (χ1n) is 12.3. The maximum atomic E-state index is 13.7. The molecule has 0 saturated carbocycles. The lowest BCUT2D eigenvalue weighted by atomic mass is 9.86. The number of carbonyl (C=O) groups excluding carboxylic acids is 2. The van der Waals surface area contributed by atoms with Gasteiger partial charge in [0.1, 0.15) is 11.9 Å². The number of benzene rings is 2. The first-order valence-corrected chi connectivity index (χ1v) is 16.6. The first kappa shape index (κ1) is 32.7. The van der Waals surface area contributed by atoms with E-state index in [1.54, 1.807) is 93.4 Å². The van der Waals surface area contributed by atoms with Crippen molar-refractivity contribution in [3.8, 4) is 0 Å². The molecule has 2 amide bonds. The van der Waals surface area contributed by atoms with Crippen molar-refractivity contribution in [2.24, 2.45) is 11.1 Å². The molecule has 0 aromatic heterocycles. The fraction of sp³-hybridized carbons (Fsp3) is 0.444. The van der Waals surface area contributed by atoms with Gasteiger partial charge in [0.05, 0.1) is 5.75 Å². The van der Waals surface area contributed by atoms with Gasteiger partial charge in [-0.05, 0) is 41.2 Å². The van der Waals surface area contributed by atoms with Crippen LogP contribution in [0.25, 0.3) is 0 Å². The third kappa shape index (κ3) is 9.86. The lowest BCUT2D eigenvalue weighted by Gasteiger charge is -2.36. The van der Waals surface area contributed by atoms with E-state index < -0.39 is 32.3 Å². The number of hydrogen-bond donors (Lipinski definition) is 5. The number of nitrogens with two attached hydrogens (primary N) is 1. The zero-order valence-corrected chi connectivity index (χ0v) is 25.5. The van der Waals surface area contributed by atoms with Gasteiger partial charge in [-0.25, -0.2) is 13.1 Å². The minimum absolute atomic E-state index is 0.0421. The van der Waals surface area contributed by atoms with Crippen LogP contribution < -0.4 is 21.1 Å². The van der Waals surface area contributed by atoms with Crippen LogP contribution in [0, 0.1) is 10.8 Å². The molecule has 9 nitrogen and oxygen atoms in total. The number of amidine groups is 1. The van der Waals surface area contributed by atoms with Crippen LogP contribution in [0.2, 0.25) is 0 Å². The molecule has 2 aromatic carbocycles. The largest absolute Gasteiger partial charge is 0.384 e. The molecule has 214 valence electrons. The third-order valence-electron chi connectivity index (χ3n) is 6.04. The Balaban J connectivity index is 2.25. The van der Waals surface area contributed by atoms with Crippen molar-refractivity contribution in [2.75, 3.05) is 18.3 Å². The number of sulfonamides is 1. The Morgan fingerprint density at radius 1 is 1.00 bits per heavy atom. The van der Waals surface area contributed by atoms with Gasteiger partial charge in [-0.15, -0.1) is 11.8 Å². The zero-order valence-electron chi connectivity index (χ0n) is 23.0. The lowest BCUT2D eigenvalue weighted by molar-refractivity contribution is -0.132. The highest BCUT2D eigenvalue weighted by Crippen LogP contribution is 2.29. The third-order valence-corrected chi connectivity index (χ3v) is 9.15. The van der Waals surface area contributed by atoms with Crippen LogP contribution >= 0.6 is 23.5 Å². The standard InChI is InChI=1S/C27H39N5O4S3/c1-26(2,3)22(32-39(35,36)18-20-9-7-6-8-10-20)24(33)31-27(38-5,15-16-37-4)25(34)30-17-19-11-13-21(14-12-19)23(28)29/h6-14,22,32H,15-18H2,1-5H3,(H3,28,29)(H,30,34)(H,31,33)/t22-,27-/m0/s1. The summed E-state index contributed by atoms with van der Waals surface area (Å²) in [7, 11) is -3.86. The average Bonchev–Trinajstić information content (AvgIpc) is 2.88. The van der Waals surface area contributed by atoms with E-state index >= 15 is 0 Å². The SMILES string of the molecule is CSCC[C@](NC(=O)[C@H](NS(=O)(=O)Cc1ccccc1)C(C)(C)C)(SC)C(=O)NCc1ccc(C(=N)N)cc1. The molecule has 39 heavy (non-hydrogen) atoms. The maximum Gasteiger partial charge on any atom is 0.256 e. The molecule has 0 unspecified atom stereocenters. The Hall–Kier alpha value is -2.54. The molecule has 2 aromatic rings. The predicted molar refractivity (Wildman–Crippen MR) is 162 cm³/mol. The Kier molecular flexibility index (Phi) is 11.9. The molecule has 2 atom stereocenters. The molecule has 0 aliphatic rings. The van der Waals surface area contributed by atoms with E-state index in [1.165, 1.54) is 11.8 Å². The number of hydrogen-bond acceptors (Lipinski definition) is 7. The normalized spacial score (nSPS) is 14.2. The van der Waals surface area contributed by atoms with Gasteiger partial charge < -0.3 is 16.4 Å². The van der Waals surface area contributed by atoms with E-state index in [-0.39, 0.29) is 24.0 Å². The van der Waals surface area contributed by atoms with E-state index in [9.17, 15) is 18.0 Å². The Morgan fingerprint density at radius 2 is 1.62 bits per heavy atom. The molecule has 0 aliphatic carbocycles. The summed E-state index contributed by atoms with van der Waals surface area (Å²) in [6, 6.07) is 14.6. The van der Waals surface area contributed by atoms with E-state index in [1.807, 2.05) is 6.26 Å². The second-order valence-electron chi connectivity index (χ2n) is 10.2. The van der Waals surface area contributed by atoms with Crippen LogP contribution in [0.1, 0.15) is 43.9 Å². The topological polar surface area (TPSA) is 154 Å². The number of nitrogens with one attached hydrogen (secondary N) is 4. The number of nitrogen functional groups attached to an aromatic ring is 1. The number of thioether (sulfide) groups is 2. The summed E-state index contributed by atoms with van der Waals surface area (Å²) in [5.74, 6) is -0.665. The van der Waals surface area contributed by atoms with Gasteiger partial charge in [0.15, 0.2) is 4.87 Å². The second kappa shape index (κ2) is 14.2. The summed E-state index contributed by atoms with van der Waals surface area (Å²) in [6.45, 7) is 5.53. The van der Waals surface area contributed by atoms with Crippen LogP contribution in [-0.4, -0.2) is 55.2 Å². The van der Waals surface area contributed by atoms with Gasteiger partial charge in [-0.2, -0.15) is 11.8 Å². The number of rotatable bonds is 14. The molecule has 0 aliphatic heterocycles. The van der Waals surface area contributed by atoms with E-state index in [0.29, 0.717) is 23.3 Å². The molecule has 0 fully saturated rings. The molecule has 12 heteroatoms. The highest BCUT2D eigenvalue weighted by Gasteiger charge is 2.43. The van der Waals surface area contributed by atoms with Gasteiger partial charge >= 0.3 is 0 Å². The van der Waals surface area contributed by atoms with Gasteiger partial charge in [0.25, 0.3) is 5.91 Å². The van der Waals surface area contributed by atoms with Gasteiger partial charge in [0.2, 0.25) is 15.9 Å². The molecular weight excluding hydrogens is 555 g/mol. The van der Waals surface area contributed by atoms with E-state index in [4.69, 9.17) is 11.1 Å². The van der Waals surface area contributed by atoms with Crippen molar-refractivity contribution in [1.82, 2.24) is 15.4 Å². The van der Waals surface area contributed by atoms with Crippen molar-refractivity contribution < 1.29 is 18.0 Å². The Labute approximate surface area is 240 Å². The van der Waals surface area contributed by atoms with Crippen LogP contribution in [0.15, 0.2) is 54.6 Å². The van der Waals surface area contributed by atoms with Crippen molar-refractivity contribution >= 4 is 51.2 Å². The highest BCUT2D eigenvalue weighted by atomic mass is 32.2. The number of carbonyl (C=O) groups is 2. The molecule has 2 rings (SSSR count). The fourth-order valence-electron chi connectivity index (χ4n) is 3.76. The van der Waals surface area contributed by atoms with Crippen molar-refractivity contribution in [3.05, 3.63) is 71.3 Å². The summed E-state index contributed by atoms with van der Waals surface area (Å²) < 4.78 is 28.6. The van der Waals surface area contributed by atoms with Crippen LogP contribution in [0.5, 0.6) is 0 Å². The zero-order chi connectivity index (χ0) is 29.3. The van der Waals surface area contributed by atoms with Gasteiger partial charge in [0, 0.05) is 12.1 Å². The van der Waals surface area contributed by atoms with Crippen molar-refractivity contribution in [1.29, 1.82) is 5.41 Å². The minimum Gasteiger partial charge on any atom is -0.384 e. The van der Waals surface area contributed by atoms with Crippen LogP contribution in [0.4, 0.5) is 0 Å². The van der Waals surface area contributed by atoms with Crippen molar-refractivity contribution in [2.45, 2.75) is 50.4 Å². The molecular formula is C27H39N5O4S3. The Bertz CT molecular complexity index is 1230. The molecule has 6 N–H and O–H groups in total. The quantitative estimate of drug-likeness (QED) is 0.128. The lowest BCUT2D eigenvalue weighted by Crippen LogP contribution is -2.62. The summed E-state index contributed by atoms with van der Waals surface area (Å²) in [6.07, 6.45) is 3.99. The molecule has 0 bridgehead atoms. The van der Waals surface area contributed by atoms with Crippen LogP contribution in [0.3, 0.4) is 0 Å². The van der Waals surface area contributed by atoms with Gasteiger partial charge in [-0.1, -0.05) is 75.4 Å². The van der Waals surface area contributed by atoms with Gasteiger partial charge in [-0.3, -0.25) is 15.0 Å². The summed E-state index contributed by atoms with van der Waals surface area (Å²) in [5, 5.41) is 13.3. The number of amides is 2. The molecule has 0 heterocycles. The monoisotopic (exact) mass is 593 g/mol. The van der Waals surface area contributed by atoms with E-state index in [2.05, 4.69) is 15.4 Å². The predicted octanol–water partition coefficient (Wildman–Crippen LogP) is 3.05. The minimum atomic E-state index is -3.86. The molecule has 0 spiro atoms. The highest BCUT2D eigenvalue weighted by molar-refractivity contribution is 8.01. The second-order valence-corrected chi connectivity index (χ2v) is 14.1. The summed E-state index contributed by atoms with van der Waals surface area (Å²) in [5.41, 5.74) is 6.73. The summed E-state index contributed by atoms with van der Waals surface area (Å²) >= 11 is 2.75. The molecule has 0 radical (unpaired) electrons. The smallest absolute Gasteiger partial charge is 0.256 e. The van der Waals surface area contributed by atoms with E-state index in [0.717, 1.165) is 5.56 Å².